The average Bonchev–Trinajstić information content (AvgIpc) is 3.62. The molecule has 210 valence electrons. The Morgan fingerprint density at radius 2 is 1.97 bits per heavy atom. The van der Waals surface area contributed by atoms with E-state index in [1.807, 2.05) is 18.7 Å². The number of hydrogen-bond donors (Lipinski definition) is 4. The molecule has 1 aliphatic carbocycles. The predicted molar refractivity (Wildman–Crippen MR) is 136 cm³/mol. The Morgan fingerprint density at radius 3 is 2.67 bits per heavy atom. The topological polar surface area (TPSA) is 141 Å². The highest BCUT2D eigenvalue weighted by atomic mass is 19.4. The van der Waals surface area contributed by atoms with Gasteiger partial charge in [0.1, 0.15) is 23.8 Å². The summed E-state index contributed by atoms with van der Waals surface area (Å²) in [4.78, 5) is 31.7. The van der Waals surface area contributed by atoms with Crippen molar-refractivity contribution >= 4 is 28.7 Å². The second-order valence-electron chi connectivity index (χ2n) is 10.2. The Labute approximate surface area is 222 Å². The van der Waals surface area contributed by atoms with Crippen LogP contribution in [-0.4, -0.2) is 78.0 Å². The summed E-state index contributed by atoms with van der Waals surface area (Å²) in [6, 6.07) is 1.68. The van der Waals surface area contributed by atoms with Gasteiger partial charge < -0.3 is 30.3 Å². The van der Waals surface area contributed by atoms with E-state index in [0.717, 1.165) is 18.7 Å². The standard InChI is InChI=1S/C25H31F3N8O3/c1-3-13(2)33-24(39)16-8-17(21(38)20(16)37)36-12-32-19-22(30-11-31-23(19)36)34-15-6-7-35(10-15)18-5-4-14(9-29-18)25(26,27)28/h4-5,9,11-13,15-17,20-21,37-38H,3,6-8,10H2,1-2H3,(H,33,39)(H,30,31,34)/t13-,15-,16?,17?,20?,21?/m0/s1. The molecule has 4 N–H and O–H groups in total. The first-order chi connectivity index (χ1) is 18.6. The molecule has 4 unspecified atom stereocenters. The van der Waals surface area contributed by atoms with Crippen LogP contribution in [0.5, 0.6) is 0 Å². The molecule has 1 saturated heterocycles. The van der Waals surface area contributed by atoms with Crippen molar-refractivity contribution in [1.29, 1.82) is 0 Å². The number of pyridine rings is 1. The summed E-state index contributed by atoms with van der Waals surface area (Å²) in [5.41, 5.74) is 0.130. The van der Waals surface area contributed by atoms with Gasteiger partial charge >= 0.3 is 6.18 Å². The number of alkyl halides is 3. The van der Waals surface area contributed by atoms with E-state index in [-0.39, 0.29) is 24.4 Å². The summed E-state index contributed by atoms with van der Waals surface area (Å²) in [5, 5.41) is 27.6. The number of carbonyl (C=O) groups excluding carboxylic acids is 1. The molecular weight excluding hydrogens is 517 g/mol. The first kappa shape index (κ1) is 27.1. The number of imidazole rings is 1. The Hall–Kier alpha value is -3.52. The van der Waals surface area contributed by atoms with Crippen LogP contribution < -0.4 is 15.5 Å². The van der Waals surface area contributed by atoms with E-state index in [0.29, 0.717) is 42.3 Å². The van der Waals surface area contributed by atoms with Gasteiger partial charge in [-0.25, -0.2) is 19.9 Å². The molecule has 2 fully saturated rings. The van der Waals surface area contributed by atoms with Gasteiger partial charge in [-0.1, -0.05) is 6.92 Å². The third-order valence-corrected chi connectivity index (χ3v) is 7.63. The van der Waals surface area contributed by atoms with Gasteiger partial charge in [0.25, 0.3) is 0 Å². The number of nitrogens with one attached hydrogen (secondary N) is 2. The number of halogens is 3. The molecule has 4 heterocycles. The lowest BCUT2D eigenvalue weighted by atomic mass is 10.0. The molecule has 0 bridgehead atoms. The zero-order valence-electron chi connectivity index (χ0n) is 21.5. The number of carbonyl (C=O) groups is 1. The number of anilines is 2. The van der Waals surface area contributed by atoms with Crippen molar-refractivity contribution < 1.29 is 28.2 Å². The minimum Gasteiger partial charge on any atom is -0.390 e. The molecule has 1 saturated carbocycles. The van der Waals surface area contributed by atoms with Gasteiger partial charge in [-0.3, -0.25) is 4.79 Å². The lowest BCUT2D eigenvalue weighted by molar-refractivity contribution is -0.137. The molecule has 0 spiro atoms. The molecule has 1 amide bonds. The number of nitrogens with zero attached hydrogens (tertiary/aromatic N) is 6. The normalized spacial score (nSPS) is 26.2. The largest absolute Gasteiger partial charge is 0.417 e. The fraction of sp³-hybridized carbons (Fsp3) is 0.560. The van der Waals surface area contributed by atoms with Crippen LogP contribution in [0.25, 0.3) is 11.2 Å². The van der Waals surface area contributed by atoms with E-state index < -0.39 is 35.9 Å². The number of aliphatic hydroxyl groups excluding tert-OH is 2. The number of aromatic nitrogens is 5. The van der Waals surface area contributed by atoms with Crippen LogP contribution in [0.1, 0.15) is 44.7 Å². The van der Waals surface area contributed by atoms with Crippen molar-refractivity contribution in [1.82, 2.24) is 29.8 Å². The zero-order valence-corrected chi connectivity index (χ0v) is 21.5. The monoisotopic (exact) mass is 548 g/mol. The maximum atomic E-state index is 12.9. The fourth-order valence-corrected chi connectivity index (χ4v) is 5.22. The van der Waals surface area contributed by atoms with Gasteiger partial charge in [0.2, 0.25) is 5.91 Å². The van der Waals surface area contributed by atoms with Gasteiger partial charge in [-0.05, 0) is 38.3 Å². The molecule has 6 atom stereocenters. The summed E-state index contributed by atoms with van der Waals surface area (Å²) in [7, 11) is 0. The van der Waals surface area contributed by atoms with Crippen molar-refractivity contribution in [2.45, 2.75) is 69.6 Å². The van der Waals surface area contributed by atoms with Crippen LogP contribution in [0.4, 0.5) is 24.8 Å². The number of aliphatic hydroxyl groups is 2. The Bertz CT molecular complexity index is 1320. The molecule has 3 aromatic heterocycles. The smallest absolute Gasteiger partial charge is 0.390 e. The third-order valence-electron chi connectivity index (χ3n) is 7.63. The minimum atomic E-state index is -4.43. The molecular formula is C25H31F3N8O3. The molecule has 0 aromatic carbocycles. The van der Waals surface area contributed by atoms with E-state index in [1.54, 1.807) is 4.57 Å². The third kappa shape index (κ3) is 5.35. The number of fused-ring (bicyclic) bond motifs is 1. The van der Waals surface area contributed by atoms with Crippen molar-refractivity contribution in [2.24, 2.45) is 5.92 Å². The molecule has 39 heavy (non-hydrogen) atoms. The highest BCUT2D eigenvalue weighted by Crippen LogP contribution is 2.38. The van der Waals surface area contributed by atoms with Crippen LogP contribution in [0.2, 0.25) is 0 Å². The number of rotatable bonds is 7. The quantitative estimate of drug-likeness (QED) is 0.349. The molecule has 14 heteroatoms. The van der Waals surface area contributed by atoms with Crippen LogP contribution in [0.3, 0.4) is 0 Å². The lowest BCUT2D eigenvalue weighted by Crippen LogP contribution is -2.41. The highest BCUT2D eigenvalue weighted by molar-refractivity contribution is 5.83. The molecule has 0 radical (unpaired) electrons. The van der Waals surface area contributed by atoms with Gasteiger partial charge in [0.05, 0.1) is 30.0 Å². The molecule has 11 nitrogen and oxygen atoms in total. The van der Waals surface area contributed by atoms with Gasteiger partial charge in [-0.15, -0.1) is 0 Å². The highest BCUT2D eigenvalue weighted by Gasteiger charge is 2.46. The molecule has 2 aliphatic rings. The minimum absolute atomic E-state index is 0.0436. The lowest BCUT2D eigenvalue weighted by Gasteiger charge is -2.19. The van der Waals surface area contributed by atoms with Crippen molar-refractivity contribution in [3.8, 4) is 0 Å². The van der Waals surface area contributed by atoms with E-state index in [4.69, 9.17) is 0 Å². The first-order valence-electron chi connectivity index (χ1n) is 13.0. The predicted octanol–water partition coefficient (Wildman–Crippen LogP) is 2.13. The van der Waals surface area contributed by atoms with Crippen molar-refractivity contribution in [3.63, 3.8) is 0 Å². The first-order valence-corrected chi connectivity index (χ1v) is 13.0. The van der Waals surface area contributed by atoms with Gasteiger partial charge in [0.15, 0.2) is 11.5 Å². The SMILES string of the molecule is CC[C@H](C)NC(=O)C1CC(n2cnc3c(N[C@H]4CCN(c5ccc(C(F)(F)F)cn5)C4)ncnc32)C(O)C1O. The second-order valence-corrected chi connectivity index (χ2v) is 10.2. The number of amides is 1. The summed E-state index contributed by atoms with van der Waals surface area (Å²) < 4.78 is 40.2. The molecule has 5 rings (SSSR count). The maximum absolute atomic E-state index is 12.9. The Balaban J connectivity index is 1.29. The molecule has 1 aliphatic heterocycles. The van der Waals surface area contributed by atoms with Crippen molar-refractivity contribution in [2.75, 3.05) is 23.3 Å². The maximum Gasteiger partial charge on any atom is 0.417 e. The van der Waals surface area contributed by atoms with Crippen molar-refractivity contribution in [3.05, 3.63) is 36.5 Å². The van der Waals surface area contributed by atoms with E-state index in [1.165, 1.54) is 18.7 Å². The Kier molecular flexibility index (Phi) is 7.33. The van der Waals surface area contributed by atoms with Crippen LogP contribution in [0.15, 0.2) is 31.0 Å². The summed E-state index contributed by atoms with van der Waals surface area (Å²) in [6.07, 6.45) is -1.43. The summed E-state index contributed by atoms with van der Waals surface area (Å²) in [5.74, 6) is -0.123. The zero-order chi connectivity index (χ0) is 27.9. The van der Waals surface area contributed by atoms with E-state index in [9.17, 15) is 28.2 Å². The van der Waals surface area contributed by atoms with Crippen LogP contribution in [0, 0.1) is 5.92 Å². The van der Waals surface area contributed by atoms with E-state index >= 15 is 0 Å². The fourth-order valence-electron chi connectivity index (χ4n) is 5.22. The molecule has 3 aromatic rings. The average molecular weight is 549 g/mol. The second kappa shape index (κ2) is 10.6. The van der Waals surface area contributed by atoms with Crippen LogP contribution in [-0.2, 0) is 11.0 Å². The summed E-state index contributed by atoms with van der Waals surface area (Å²) >= 11 is 0. The summed E-state index contributed by atoms with van der Waals surface area (Å²) in [6.45, 7) is 4.94. The van der Waals surface area contributed by atoms with Gasteiger partial charge in [-0.2, -0.15) is 13.2 Å². The van der Waals surface area contributed by atoms with E-state index in [2.05, 4.69) is 30.6 Å². The van der Waals surface area contributed by atoms with Gasteiger partial charge in [0, 0.05) is 31.4 Å². The number of hydrogen-bond acceptors (Lipinski definition) is 9. The van der Waals surface area contributed by atoms with Crippen LogP contribution >= 0.6 is 0 Å². The Morgan fingerprint density at radius 1 is 1.18 bits per heavy atom.